The Labute approximate surface area is 75.8 Å². The van der Waals surface area contributed by atoms with Crippen molar-refractivity contribution in [3.63, 3.8) is 0 Å². The molecule has 1 atom stereocenters. The third-order valence-corrected chi connectivity index (χ3v) is 3.34. The number of hydrogen-bond donors (Lipinski definition) is 0. The van der Waals surface area contributed by atoms with Crippen LogP contribution >= 0.6 is 0 Å². The number of likely N-dealkylation sites (N-methyl/N-ethyl adjacent to an activating group) is 1. The topological polar surface area (TPSA) is 3.24 Å². The summed E-state index contributed by atoms with van der Waals surface area (Å²) in [6.45, 7) is 13.0. The van der Waals surface area contributed by atoms with Crippen molar-refractivity contribution in [2.24, 2.45) is 5.41 Å². The van der Waals surface area contributed by atoms with Crippen LogP contribution in [0.3, 0.4) is 0 Å². The Hall–Kier alpha value is -0.720. The average Bonchev–Trinajstić information content (AvgIpc) is 2.13. The van der Waals surface area contributed by atoms with E-state index in [9.17, 15) is 0 Å². The van der Waals surface area contributed by atoms with E-state index in [1.54, 1.807) is 0 Å². The molecule has 1 fully saturated rings. The molecule has 0 N–H and O–H groups in total. The van der Waals surface area contributed by atoms with E-state index in [1.165, 1.54) is 11.3 Å². The van der Waals surface area contributed by atoms with E-state index in [1.807, 2.05) is 0 Å². The van der Waals surface area contributed by atoms with E-state index in [0.717, 1.165) is 0 Å². The molecule has 0 aliphatic carbocycles. The quantitative estimate of drug-likeness (QED) is 0.533. The predicted octanol–water partition coefficient (Wildman–Crippen LogP) is 2.81. The first-order valence-electron chi connectivity index (χ1n) is 4.51. The van der Waals surface area contributed by atoms with Crippen LogP contribution in [0.2, 0.25) is 0 Å². The smallest absolute Gasteiger partial charge is 0.0350 e. The maximum Gasteiger partial charge on any atom is 0.0350 e. The molecule has 0 amide bonds. The second kappa shape index (κ2) is 2.65. The molecule has 1 unspecified atom stereocenters. The number of likely N-dealkylation sites (tertiary alicyclic amines) is 1. The van der Waals surface area contributed by atoms with Crippen molar-refractivity contribution in [1.82, 2.24) is 4.90 Å². The van der Waals surface area contributed by atoms with Crippen molar-refractivity contribution in [3.05, 3.63) is 23.9 Å². The number of hydrogen-bond acceptors (Lipinski definition) is 1. The molecule has 0 aromatic heterocycles. The van der Waals surface area contributed by atoms with Crippen LogP contribution in [0, 0.1) is 5.41 Å². The molecule has 1 heterocycles. The van der Waals surface area contributed by atoms with Crippen LogP contribution in [0.4, 0.5) is 0 Å². The lowest BCUT2D eigenvalue weighted by molar-refractivity contribution is 0.258. The highest BCUT2D eigenvalue weighted by atomic mass is 15.2. The van der Waals surface area contributed by atoms with Gasteiger partial charge in [0.25, 0.3) is 0 Å². The summed E-state index contributed by atoms with van der Waals surface area (Å²) in [6.07, 6.45) is 2.18. The summed E-state index contributed by atoms with van der Waals surface area (Å²) in [4.78, 5) is 2.26. The molecule has 12 heavy (non-hydrogen) atoms. The van der Waals surface area contributed by atoms with Gasteiger partial charge in [0.1, 0.15) is 0 Å². The maximum atomic E-state index is 4.09. The first-order chi connectivity index (χ1) is 5.42. The van der Waals surface area contributed by atoms with Gasteiger partial charge in [-0.15, -0.1) is 0 Å². The van der Waals surface area contributed by atoms with Crippen molar-refractivity contribution in [2.45, 2.75) is 33.7 Å². The van der Waals surface area contributed by atoms with Crippen molar-refractivity contribution in [1.29, 1.82) is 0 Å². The van der Waals surface area contributed by atoms with Crippen LogP contribution in [0.15, 0.2) is 23.9 Å². The molecule has 1 rings (SSSR count). The van der Waals surface area contributed by atoms with Gasteiger partial charge < -0.3 is 4.90 Å². The second-order valence-corrected chi connectivity index (χ2v) is 4.16. The summed E-state index contributed by atoms with van der Waals surface area (Å²) >= 11 is 0. The Morgan fingerprint density at radius 1 is 1.50 bits per heavy atom. The fourth-order valence-electron chi connectivity index (χ4n) is 2.04. The van der Waals surface area contributed by atoms with Crippen molar-refractivity contribution < 1.29 is 0 Å². The maximum absolute atomic E-state index is 4.09. The van der Waals surface area contributed by atoms with Crippen LogP contribution in [-0.2, 0) is 0 Å². The molecule has 0 spiro atoms. The number of allylic oxidation sites excluding steroid dienone is 2. The van der Waals surface area contributed by atoms with E-state index in [-0.39, 0.29) is 5.41 Å². The zero-order chi connectivity index (χ0) is 9.52. The Morgan fingerprint density at radius 3 is 2.17 bits per heavy atom. The van der Waals surface area contributed by atoms with Crippen molar-refractivity contribution >= 4 is 0 Å². The highest BCUT2D eigenvalue weighted by molar-refractivity contribution is 5.39. The Kier molecular flexibility index (Phi) is 2.07. The first kappa shape index (κ1) is 9.37. The Balaban J connectivity index is 3.14. The molecule has 0 saturated carbocycles. The normalized spacial score (nSPS) is 31.8. The van der Waals surface area contributed by atoms with E-state index in [0.29, 0.717) is 6.04 Å². The highest BCUT2D eigenvalue weighted by Gasteiger charge is 2.41. The molecule has 0 radical (unpaired) electrons. The standard InChI is InChI=1S/C11H19N/c1-7-10-8(2)12(6)9(3)11(10,4)5/h7,9H,2H2,1,3-6H3/b10-7+. The van der Waals surface area contributed by atoms with Crippen LogP contribution in [0.1, 0.15) is 27.7 Å². The zero-order valence-electron chi connectivity index (χ0n) is 8.81. The molecule has 1 heteroatoms. The molecular formula is C11H19N. The van der Waals surface area contributed by atoms with E-state index < -0.39 is 0 Å². The van der Waals surface area contributed by atoms with Gasteiger partial charge in [-0.25, -0.2) is 0 Å². The number of nitrogens with zero attached hydrogens (tertiary/aromatic N) is 1. The molecule has 0 bridgehead atoms. The predicted molar refractivity (Wildman–Crippen MR) is 53.9 cm³/mol. The van der Waals surface area contributed by atoms with Crippen molar-refractivity contribution in [3.8, 4) is 0 Å². The van der Waals surface area contributed by atoms with E-state index in [4.69, 9.17) is 0 Å². The van der Waals surface area contributed by atoms with E-state index in [2.05, 4.69) is 52.3 Å². The molecule has 0 aromatic rings. The summed E-state index contributed by atoms with van der Waals surface area (Å²) in [5, 5.41) is 0. The van der Waals surface area contributed by atoms with Gasteiger partial charge >= 0.3 is 0 Å². The SMILES string of the molecule is C=C1/C(=C\C)C(C)(C)C(C)N1C. The van der Waals surface area contributed by atoms with E-state index >= 15 is 0 Å². The highest BCUT2D eigenvalue weighted by Crippen LogP contribution is 2.44. The molecule has 1 saturated heterocycles. The summed E-state index contributed by atoms with van der Waals surface area (Å²) < 4.78 is 0. The minimum Gasteiger partial charge on any atom is -0.371 e. The van der Waals surface area contributed by atoms with Crippen molar-refractivity contribution in [2.75, 3.05) is 7.05 Å². The average molecular weight is 165 g/mol. The minimum atomic E-state index is 0.251. The van der Waals surface area contributed by atoms with Gasteiger partial charge in [-0.3, -0.25) is 0 Å². The summed E-state index contributed by atoms with van der Waals surface area (Å²) in [6, 6.07) is 0.552. The molecule has 68 valence electrons. The lowest BCUT2D eigenvalue weighted by atomic mass is 9.81. The largest absolute Gasteiger partial charge is 0.371 e. The fourth-order valence-corrected chi connectivity index (χ4v) is 2.04. The fraction of sp³-hybridized carbons (Fsp3) is 0.636. The lowest BCUT2D eigenvalue weighted by Crippen LogP contribution is -2.30. The minimum absolute atomic E-state index is 0.251. The van der Waals surface area contributed by atoms with Gasteiger partial charge in [0.15, 0.2) is 0 Å². The van der Waals surface area contributed by atoms with Gasteiger partial charge in [-0.05, 0) is 19.4 Å². The molecule has 1 aliphatic heterocycles. The third kappa shape index (κ3) is 0.996. The molecule has 0 aromatic carbocycles. The lowest BCUT2D eigenvalue weighted by Gasteiger charge is -2.27. The third-order valence-electron chi connectivity index (χ3n) is 3.34. The Bertz CT molecular complexity index is 235. The van der Waals surface area contributed by atoms with Gasteiger partial charge in [0.2, 0.25) is 0 Å². The molecule has 1 aliphatic rings. The second-order valence-electron chi connectivity index (χ2n) is 4.16. The monoisotopic (exact) mass is 165 g/mol. The van der Waals surface area contributed by atoms with Gasteiger partial charge in [-0.2, -0.15) is 0 Å². The summed E-state index contributed by atoms with van der Waals surface area (Å²) in [5.41, 5.74) is 2.81. The zero-order valence-corrected chi connectivity index (χ0v) is 8.81. The molecular weight excluding hydrogens is 146 g/mol. The summed E-state index contributed by atoms with van der Waals surface area (Å²) in [5.74, 6) is 0. The van der Waals surface area contributed by atoms with Crippen LogP contribution in [-0.4, -0.2) is 18.0 Å². The van der Waals surface area contributed by atoms with Gasteiger partial charge in [0.05, 0.1) is 0 Å². The van der Waals surface area contributed by atoms with Crippen LogP contribution < -0.4 is 0 Å². The van der Waals surface area contributed by atoms with Gasteiger partial charge in [-0.1, -0.05) is 26.5 Å². The summed E-state index contributed by atoms with van der Waals surface area (Å²) in [7, 11) is 2.12. The van der Waals surface area contributed by atoms with Crippen LogP contribution in [0.5, 0.6) is 0 Å². The molecule has 1 nitrogen and oxygen atoms in total. The first-order valence-corrected chi connectivity index (χ1v) is 4.51. The number of rotatable bonds is 0. The Morgan fingerprint density at radius 2 is 2.00 bits per heavy atom. The van der Waals surface area contributed by atoms with Crippen LogP contribution in [0.25, 0.3) is 0 Å². The van der Waals surface area contributed by atoms with Gasteiger partial charge in [0, 0.05) is 24.2 Å².